The summed E-state index contributed by atoms with van der Waals surface area (Å²) in [6.45, 7) is 8.53. The molecule has 0 amide bonds. The summed E-state index contributed by atoms with van der Waals surface area (Å²) in [4.78, 5) is 0. The van der Waals surface area contributed by atoms with E-state index in [9.17, 15) is 9.65 Å². The number of rotatable bonds is 11. The van der Waals surface area contributed by atoms with Crippen LogP contribution in [0.25, 0.3) is 6.08 Å². The second kappa shape index (κ2) is 13.4. The van der Waals surface area contributed by atoms with E-state index in [1.54, 1.807) is 6.07 Å². The second-order valence-corrected chi connectivity index (χ2v) is 10.6. The zero-order valence-corrected chi connectivity index (χ0v) is 22.3. The van der Waals surface area contributed by atoms with Crippen molar-refractivity contribution in [2.45, 2.75) is 71.6 Å². The molecule has 3 rings (SSSR count). The largest absolute Gasteiger partial charge is 0.332 e. The fourth-order valence-electron chi connectivity index (χ4n) is 5.33. The minimum atomic E-state index is -0.423. The highest BCUT2D eigenvalue weighted by Crippen LogP contribution is 2.45. The molecule has 1 aromatic carbocycles. The summed E-state index contributed by atoms with van der Waals surface area (Å²) in [5.41, 5.74) is 3.37. The van der Waals surface area contributed by atoms with Gasteiger partial charge in [-0.25, -0.2) is 4.39 Å². The van der Waals surface area contributed by atoms with Gasteiger partial charge < -0.3 is 0 Å². The van der Waals surface area contributed by atoms with Gasteiger partial charge in [-0.05, 0) is 86.1 Å². The first-order chi connectivity index (χ1) is 17.4. The van der Waals surface area contributed by atoms with Gasteiger partial charge in [-0.2, -0.15) is 5.26 Å². The third-order valence-electron chi connectivity index (χ3n) is 7.59. The van der Waals surface area contributed by atoms with Gasteiger partial charge in [0.25, 0.3) is 0 Å². The van der Waals surface area contributed by atoms with Gasteiger partial charge in [0.2, 0.25) is 0 Å². The lowest BCUT2D eigenvalue weighted by atomic mass is 9.66. The van der Waals surface area contributed by atoms with Crippen LogP contribution < -0.4 is 4.67 Å². The molecule has 0 saturated heterocycles. The smallest absolute Gasteiger partial charge is 0.206 e. The van der Waals surface area contributed by atoms with Crippen LogP contribution in [0.5, 0.6) is 0 Å². The van der Waals surface area contributed by atoms with Gasteiger partial charge in [-0.1, -0.05) is 80.0 Å². The lowest BCUT2D eigenvalue weighted by Crippen LogP contribution is -2.27. The summed E-state index contributed by atoms with van der Waals surface area (Å²) in [7, 11) is 0. The van der Waals surface area contributed by atoms with Crippen LogP contribution in [0.4, 0.5) is 4.39 Å². The number of aryl methyl sites for hydroxylation is 1. The van der Waals surface area contributed by atoms with Crippen molar-refractivity contribution < 1.29 is 4.39 Å². The van der Waals surface area contributed by atoms with Crippen LogP contribution in [0.3, 0.4) is 0 Å². The van der Waals surface area contributed by atoms with Crippen molar-refractivity contribution in [1.82, 2.24) is 4.67 Å². The van der Waals surface area contributed by atoms with Crippen LogP contribution in [-0.4, -0.2) is 12.1 Å². The third kappa shape index (κ3) is 7.56. The van der Waals surface area contributed by atoms with E-state index in [2.05, 4.69) is 36.2 Å². The predicted octanol–water partition coefficient (Wildman–Crippen LogP) is 8.42. The number of nitriles is 1. The van der Waals surface area contributed by atoms with E-state index in [-0.39, 0.29) is 5.82 Å². The molecular formula is C32H37ClFN2+. The topological polar surface area (TPSA) is 37.9 Å². The Bertz CT molecular complexity index is 1150. The molecule has 1 aliphatic heterocycles. The highest BCUT2D eigenvalue weighted by molar-refractivity contribution is 6.35. The highest BCUT2D eigenvalue weighted by atomic mass is 35.5. The Hall–Kier alpha value is -2.88. The minimum Gasteiger partial charge on any atom is -0.206 e. The molecule has 1 fully saturated rings. The van der Waals surface area contributed by atoms with E-state index in [1.165, 1.54) is 6.07 Å². The van der Waals surface area contributed by atoms with Crippen molar-refractivity contribution in [2.75, 3.05) is 0 Å². The first-order valence-electron chi connectivity index (χ1n) is 13.1. The van der Waals surface area contributed by atoms with Gasteiger partial charge in [0.1, 0.15) is 5.82 Å². The maximum absolute atomic E-state index is 14.0. The fraction of sp³-hybridized carbons (Fsp3) is 0.438. The quantitative estimate of drug-likeness (QED) is 0.169. The average Bonchev–Trinajstić information content (AvgIpc) is 2.87. The molecule has 36 heavy (non-hydrogen) atoms. The Morgan fingerprint density at radius 2 is 2.11 bits per heavy atom. The van der Waals surface area contributed by atoms with Crippen LogP contribution in [0.1, 0.15) is 75.8 Å². The predicted molar refractivity (Wildman–Crippen MR) is 151 cm³/mol. The van der Waals surface area contributed by atoms with Crippen LogP contribution in [0.15, 0.2) is 65.3 Å². The number of hydrogen-bond donors (Lipinski definition) is 0. The lowest BCUT2D eigenvalue weighted by molar-refractivity contribution is 0.266. The fourth-order valence-corrected chi connectivity index (χ4v) is 5.52. The van der Waals surface area contributed by atoms with Gasteiger partial charge >= 0.3 is 12.1 Å². The molecule has 1 saturated carbocycles. The summed E-state index contributed by atoms with van der Waals surface area (Å²) < 4.78 is 18.1. The highest BCUT2D eigenvalue weighted by Gasteiger charge is 2.37. The molecule has 1 aliphatic carbocycles. The van der Waals surface area contributed by atoms with E-state index in [0.29, 0.717) is 22.4 Å². The van der Waals surface area contributed by atoms with E-state index < -0.39 is 5.41 Å². The lowest BCUT2D eigenvalue weighted by Gasteiger charge is -2.36. The zero-order chi connectivity index (χ0) is 26.0. The summed E-state index contributed by atoms with van der Waals surface area (Å²) in [6, 6.07) is 7.78. The number of benzene rings is 1. The first kappa shape index (κ1) is 27.7. The summed E-state index contributed by atoms with van der Waals surface area (Å²) in [6.07, 6.45) is 20.5. The standard InChI is InChI=1S/C32H37ClFN2/c1-4-8-27(19-28-20-29(33)22-36-21-28)14-13-25(3)32(23-35)17-15-26(16-18-32)10-5-6-11-30-24(2)9-7-12-31(30)34/h5-7,9-12,20-21,26-27H,3-4,8,13-19H2,1-2H3/q+1/b10-5+,11-6-. The zero-order valence-electron chi connectivity index (χ0n) is 21.6. The molecule has 0 radical (unpaired) electrons. The van der Waals surface area contributed by atoms with Crippen molar-refractivity contribution >= 4 is 29.8 Å². The number of nitrogens with zero attached hydrogens (tertiary/aromatic N) is 2. The molecule has 1 atom stereocenters. The summed E-state index contributed by atoms with van der Waals surface area (Å²) >= 11 is 6.07. The Morgan fingerprint density at radius 3 is 2.78 bits per heavy atom. The molecule has 1 aromatic rings. The molecule has 188 valence electrons. The van der Waals surface area contributed by atoms with Crippen molar-refractivity contribution in [2.24, 2.45) is 17.3 Å². The van der Waals surface area contributed by atoms with E-state index in [4.69, 9.17) is 11.6 Å². The Balaban J connectivity index is 1.52. The van der Waals surface area contributed by atoms with E-state index in [0.717, 1.165) is 74.5 Å². The number of hydrogen-bond acceptors (Lipinski definition) is 1. The Morgan fingerprint density at radius 1 is 1.33 bits per heavy atom. The van der Waals surface area contributed by atoms with Crippen LogP contribution in [-0.2, 0) is 0 Å². The van der Waals surface area contributed by atoms with E-state index in [1.807, 2.05) is 43.5 Å². The molecule has 0 N–H and O–H groups in total. The van der Waals surface area contributed by atoms with E-state index >= 15 is 0 Å². The van der Waals surface area contributed by atoms with Crippen LogP contribution in [0, 0.1) is 41.3 Å². The Labute approximate surface area is 221 Å². The maximum atomic E-state index is 14.0. The summed E-state index contributed by atoms with van der Waals surface area (Å²) in [5, 5.41) is 10.7. The molecule has 4 heteroatoms. The normalized spacial score (nSPS) is 22.5. The van der Waals surface area contributed by atoms with Crippen molar-refractivity contribution in [3.05, 3.63) is 82.2 Å². The number of allylic oxidation sites excluding steroid dienone is 7. The van der Waals surface area contributed by atoms with Crippen LogP contribution in [0.2, 0.25) is 0 Å². The van der Waals surface area contributed by atoms with Gasteiger partial charge in [-0.15, -0.1) is 0 Å². The second-order valence-electron chi connectivity index (χ2n) is 10.2. The number of halogens is 2. The molecule has 1 unspecified atom stereocenters. The monoisotopic (exact) mass is 503 g/mol. The minimum absolute atomic E-state index is 0.196. The maximum Gasteiger partial charge on any atom is 0.332 e. The van der Waals surface area contributed by atoms with Gasteiger partial charge in [-0.3, -0.25) is 0 Å². The first-order valence-corrected chi connectivity index (χ1v) is 13.5. The van der Waals surface area contributed by atoms with Crippen molar-refractivity contribution in [1.29, 1.82) is 5.26 Å². The SMILES string of the molecule is C=C(CCC(CCC)CC1=CC(Cl)=C=[N+]=C1)C1(C#N)CCC(/C=C/C=C\c2c(C)cccc2F)CC1. The molecule has 2 aliphatic rings. The molecule has 0 aromatic heterocycles. The molecular weight excluding hydrogens is 467 g/mol. The van der Waals surface area contributed by atoms with Crippen LogP contribution >= 0.6 is 11.6 Å². The molecule has 0 spiro atoms. The van der Waals surface area contributed by atoms with Crippen molar-refractivity contribution in [3.8, 4) is 6.07 Å². The van der Waals surface area contributed by atoms with Gasteiger partial charge in [0.05, 0.1) is 11.5 Å². The average molecular weight is 504 g/mol. The summed E-state index contributed by atoms with van der Waals surface area (Å²) in [5.74, 6) is 3.52. The van der Waals surface area contributed by atoms with Crippen molar-refractivity contribution in [3.63, 3.8) is 0 Å². The van der Waals surface area contributed by atoms with Gasteiger partial charge in [0.15, 0.2) is 5.03 Å². The van der Waals surface area contributed by atoms with Gasteiger partial charge in [0, 0.05) is 11.1 Å². The molecule has 0 bridgehead atoms. The molecule has 1 heterocycles. The Kier molecular flexibility index (Phi) is 10.3. The third-order valence-corrected chi connectivity index (χ3v) is 7.79. The molecule has 2 nitrogen and oxygen atoms in total.